The fourth-order valence-electron chi connectivity index (χ4n) is 5.04. The fraction of sp³-hybridized carbons (Fsp3) is 0.667. The molecule has 8 nitrogen and oxygen atoms in total. The van der Waals surface area contributed by atoms with Gasteiger partial charge in [0.2, 0.25) is 11.9 Å². The smallest absolute Gasteiger partial charge is 0.238 e. The first kappa shape index (κ1) is 18.7. The average molecular weight is 398 g/mol. The Hall–Kier alpha value is -2.35. The quantitative estimate of drug-likeness (QED) is 0.785. The predicted molar refractivity (Wildman–Crippen MR) is 114 cm³/mol. The summed E-state index contributed by atoms with van der Waals surface area (Å²) in [5, 5.41) is 0. The van der Waals surface area contributed by atoms with E-state index in [1.807, 2.05) is 23.2 Å². The SMILES string of the molecule is CCC1CN(C)c2cnc(-n3ccnc3N3CCOCC3)nc2N1C1CCCC1. The molecule has 3 aliphatic rings. The molecule has 2 aromatic rings. The van der Waals surface area contributed by atoms with Gasteiger partial charge in [-0.25, -0.2) is 9.97 Å². The normalized spacial score (nSPS) is 23.0. The number of morpholine rings is 1. The van der Waals surface area contributed by atoms with Crippen LogP contribution in [0.2, 0.25) is 0 Å². The van der Waals surface area contributed by atoms with E-state index in [0.717, 1.165) is 56.7 Å². The zero-order chi connectivity index (χ0) is 19.8. The predicted octanol–water partition coefficient (Wildman–Crippen LogP) is 2.48. The molecule has 2 aromatic heterocycles. The average Bonchev–Trinajstić information content (AvgIpc) is 3.46. The Morgan fingerprint density at radius 2 is 1.93 bits per heavy atom. The number of anilines is 3. The summed E-state index contributed by atoms with van der Waals surface area (Å²) in [6.07, 6.45) is 12.1. The Kier molecular flexibility index (Phi) is 5.03. The van der Waals surface area contributed by atoms with Gasteiger partial charge in [-0.1, -0.05) is 19.8 Å². The molecule has 5 rings (SSSR count). The molecular weight excluding hydrogens is 366 g/mol. The third-order valence-corrected chi connectivity index (χ3v) is 6.59. The minimum atomic E-state index is 0.500. The molecule has 0 bridgehead atoms. The van der Waals surface area contributed by atoms with E-state index in [4.69, 9.17) is 14.7 Å². The summed E-state index contributed by atoms with van der Waals surface area (Å²) >= 11 is 0. The summed E-state index contributed by atoms with van der Waals surface area (Å²) in [6, 6.07) is 1.09. The zero-order valence-electron chi connectivity index (χ0n) is 17.5. The molecule has 8 heteroatoms. The van der Waals surface area contributed by atoms with Crippen molar-refractivity contribution in [3.05, 3.63) is 18.6 Å². The topological polar surface area (TPSA) is 62.6 Å². The second kappa shape index (κ2) is 7.82. The van der Waals surface area contributed by atoms with E-state index >= 15 is 0 Å². The molecule has 1 saturated carbocycles. The fourth-order valence-corrected chi connectivity index (χ4v) is 5.04. The van der Waals surface area contributed by atoms with Crippen LogP contribution >= 0.6 is 0 Å². The first-order chi connectivity index (χ1) is 14.3. The number of fused-ring (bicyclic) bond motifs is 1. The molecule has 0 N–H and O–H groups in total. The maximum absolute atomic E-state index is 5.50. The molecule has 1 saturated heterocycles. The largest absolute Gasteiger partial charge is 0.378 e. The number of hydrogen-bond donors (Lipinski definition) is 0. The summed E-state index contributed by atoms with van der Waals surface area (Å²) in [6.45, 7) is 6.48. The molecule has 156 valence electrons. The van der Waals surface area contributed by atoms with Gasteiger partial charge in [-0.05, 0) is 19.3 Å². The molecule has 1 unspecified atom stereocenters. The first-order valence-corrected chi connectivity index (χ1v) is 11.0. The third kappa shape index (κ3) is 3.33. The maximum Gasteiger partial charge on any atom is 0.238 e. The van der Waals surface area contributed by atoms with Crippen molar-refractivity contribution < 1.29 is 4.74 Å². The van der Waals surface area contributed by atoms with Gasteiger partial charge in [-0.15, -0.1) is 0 Å². The molecule has 2 aliphatic heterocycles. The minimum Gasteiger partial charge on any atom is -0.378 e. The standard InChI is InChI=1S/C21H31N7O/c1-3-16-15-25(2)18-14-23-20(24-19(18)28(16)17-6-4-5-7-17)27-9-8-22-21(27)26-10-12-29-13-11-26/h8-9,14,16-17H,3-7,10-13,15H2,1-2H3. The van der Waals surface area contributed by atoms with Crippen LogP contribution in [-0.2, 0) is 4.74 Å². The van der Waals surface area contributed by atoms with Gasteiger partial charge in [-0.2, -0.15) is 4.98 Å². The Morgan fingerprint density at radius 3 is 2.69 bits per heavy atom. The lowest BCUT2D eigenvalue weighted by Crippen LogP contribution is -2.52. The Morgan fingerprint density at radius 1 is 1.14 bits per heavy atom. The van der Waals surface area contributed by atoms with Crippen LogP contribution in [0.3, 0.4) is 0 Å². The highest BCUT2D eigenvalue weighted by Gasteiger charge is 2.36. The van der Waals surface area contributed by atoms with E-state index in [1.165, 1.54) is 25.7 Å². The molecule has 29 heavy (non-hydrogen) atoms. The van der Waals surface area contributed by atoms with Gasteiger partial charge in [0, 0.05) is 51.2 Å². The van der Waals surface area contributed by atoms with Crippen LogP contribution in [0.15, 0.2) is 18.6 Å². The van der Waals surface area contributed by atoms with Crippen molar-refractivity contribution in [2.75, 3.05) is 54.6 Å². The highest BCUT2D eigenvalue weighted by atomic mass is 16.5. The lowest BCUT2D eigenvalue weighted by atomic mass is 10.0. The first-order valence-electron chi connectivity index (χ1n) is 11.0. The van der Waals surface area contributed by atoms with Gasteiger partial charge in [0.05, 0.1) is 25.1 Å². The monoisotopic (exact) mass is 397 g/mol. The van der Waals surface area contributed by atoms with Crippen LogP contribution in [0.5, 0.6) is 0 Å². The second-order valence-corrected chi connectivity index (χ2v) is 8.36. The van der Waals surface area contributed by atoms with Gasteiger partial charge >= 0.3 is 0 Å². The Balaban J connectivity index is 1.55. The Bertz CT molecular complexity index is 841. The van der Waals surface area contributed by atoms with E-state index in [1.54, 1.807) is 0 Å². The molecular formula is C21H31N7O. The van der Waals surface area contributed by atoms with Gasteiger partial charge < -0.3 is 19.4 Å². The molecule has 2 fully saturated rings. The van der Waals surface area contributed by atoms with E-state index in [9.17, 15) is 0 Å². The summed E-state index contributed by atoms with van der Waals surface area (Å²) in [5.41, 5.74) is 1.14. The van der Waals surface area contributed by atoms with E-state index < -0.39 is 0 Å². The molecule has 0 amide bonds. The summed E-state index contributed by atoms with van der Waals surface area (Å²) in [7, 11) is 2.16. The second-order valence-electron chi connectivity index (χ2n) is 8.36. The van der Waals surface area contributed by atoms with Crippen LogP contribution in [0.4, 0.5) is 17.5 Å². The lowest BCUT2D eigenvalue weighted by molar-refractivity contribution is 0.122. The summed E-state index contributed by atoms with van der Waals surface area (Å²) in [5.74, 6) is 2.69. The van der Waals surface area contributed by atoms with Gasteiger partial charge in [0.15, 0.2) is 5.82 Å². The molecule has 0 radical (unpaired) electrons. The number of rotatable bonds is 4. The minimum absolute atomic E-state index is 0.500. The van der Waals surface area contributed by atoms with Crippen molar-refractivity contribution in [2.45, 2.75) is 51.1 Å². The maximum atomic E-state index is 5.50. The van der Waals surface area contributed by atoms with Crippen LogP contribution in [0.25, 0.3) is 5.95 Å². The zero-order valence-corrected chi connectivity index (χ0v) is 17.5. The van der Waals surface area contributed by atoms with Gasteiger partial charge in [0.1, 0.15) is 0 Å². The Labute approximate surface area is 172 Å². The number of aromatic nitrogens is 4. The highest BCUT2D eigenvalue weighted by Crippen LogP contribution is 2.39. The number of nitrogens with zero attached hydrogens (tertiary/aromatic N) is 7. The molecule has 1 atom stereocenters. The van der Waals surface area contributed by atoms with E-state index in [-0.39, 0.29) is 0 Å². The number of imidazole rings is 1. The molecule has 0 aromatic carbocycles. The van der Waals surface area contributed by atoms with E-state index in [2.05, 4.69) is 33.7 Å². The number of likely N-dealkylation sites (N-methyl/N-ethyl adjacent to an activating group) is 1. The number of ether oxygens (including phenoxy) is 1. The summed E-state index contributed by atoms with van der Waals surface area (Å²) < 4.78 is 7.52. The lowest BCUT2D eigenvalue weighted by Gasteiger charge is -2.45. The summed E-state index contributed by atoms with van der Waals surface area (Å²) in [4.78, 5) is 21.6. The van der Waals surface area contributed by atoms with Crippen molar-refractivity contribution in [1.82, 2.24) is 19.5 Å². The molecule has 4 heterocycles. The van der Waals surface area contributed by atoms with Crippen LogP contribution in [0, 0.1) is 0 Å². The molecule has 1 aliphatic carbocycles. The third-order valence-electron chi connectivity index (χ3n) is 6.59. The van der Waals surface area contributed by atoms with Crippen LogP contribution in [0.1, 0.15) is 39.0 Å². The van der Waals surface area contributed by atoms with Gasteiger partial charge in [0.25, 0.3) is 0 Å². The van der Waals surface area contributed by atoms with Crippen LogP contribution < -0.4 is 14.7 Å². The molecule has 0 spiro atoms. The number of hydrogen-bond acceptors (Lipinski definition) is 7. The van der Waals surface area contributed by atoms with Gasteiger partial charge in [-0.3, -0.25) is 4.57 Å². The van der Waals surface area contributed by atoms with E-state index in [0.29, 0.717) is 18.0 Å². The van der Waals surface area contributed by atoms with Crippen LogP contribution in [-0.4, -0.2) is 71.5 Å². The van der Waals surface area contributed by atoms with Crippen molar-refractivity contribution in [2.24, 2.45) is 0 Å². The van der Waals surface area contributed by atoms with Crippen molar-refractivity contribution in [3.8, 4) is 5.95 Å². The highest BCUT2D eigenvalue weighted by molar-refractivity contribution is 5.70. The van der Waals surface area contributed by atoms with Crippen molar-refractivity contribution in [1.29, 1.82) is 0 Å². The van der Waals surface area contributed by atoms with Crippen molar-refractivity contribution in [3.63, 3.8) is 0 Å². The van der Waals surface area contributed by atoms with Crippen molar-refractivity contribution >= 4 is 17.5 Å².